The largest absolute Gasteiger partial charge is 0.390 e. The average molecular weight is 260 g/mol. The zero-order valence-corrected chi connectivity index (χ0v) is 10.5. The lowest BCUT2D eigenvalue weighted by molar-refractivity contribution is 0.276. The van der Waals surface area contributed by atoms with Gasteiger partial charge >= 0.3 is 0 Å². The van der Waals surface area contributed by atoms with Gasteiger partial charge in [-0.1, -0.05) is 0 Å². The van der Waals surface area contributed by atoms with E-state index < -0.39 is 0 Å². The molecule has 1 aliphatic rings. The van der Waals surface area contributed by atoms with Crippen LogP contribution in [0.15, 0.2) is 23.1 Å². The van der Waals surface area contributed by atoms with Crippen molar-refractivity contribution in [1.29, 1.82) is 0 Å². The van der Waals surface area contributed by atoms with Gasteiger partial charge in [0.05, 0.1) is 18.5 Å². The van der Waals surface area contributed by atoms with Crippen molar-refractivity contribution in [2.24, 2.45) is 0 Å². The maximum atomic E-state index is 12.1. The lowest BCUT2D eigenvalue weighted by Crippen LogP contribution is -2.34. The van der Waals surface area contributed by atoms with Crippen molar-refractivity contribution < 1.29 is 5.11 Å². The standard InChI is InChI=1S/C13H16N4O2/c18-8-9-7-15-11-1-2-12(19)17(13(11)16-9)10-3-5-14-6-4-10/h1-2,7,10,14,18H,3-6,8H2. The molecule has 0 aliphatic carbocycles. The van der Waals surface area contributed by atoms with E-state index in [2.05, 4.69) is 15.3 Å². The number of aromatic nitrogens is 3. The van der Waals surface area contributed by atoms with Gasteiger partial charge in [0.2, 0.25) is 0 Å². The number of pyridine rings is 1. The van der Waals surface area contributed by atoms with Crippen molar-refractivity contribution in [1.82, 2.24) is 19.9 Å². The van der Waals surface area contributed by atoms with Crippen molar-refractivity contribution in [3.8, 4) is 0 Å². The minimum absolute atomic E-state index is 0.0520. The van der Waals surface area contributed by atoms with Crippen LogP contribution in [0.1, 0.15) is 24.6 Å². The van der Waals surface area contributed by atoms with Crippen molar-refractivity contribution in [2.75, 3.05) is 13.1 Å². The summed E-state index contributed by atoms with van der Waals surface area (Å²) >= 11 is 0. The SMILES string of the molecule is O=c1ccc2ncc(CO)nc2n1C1CCNCC1. The van der Waals surface area contributed by atoms with Crippen molar-refractivity contribution >= 4 is 11.2 Å². The molecule has 3 heterocycles. The molecule has 0 amide bonds. The third-order valence-corrected chi connectivity index (χ3v) is 3.52. The monoisotopic (exact) mass is 260 g/mol. The molecule has 2 aromatic rings. The van der Waals surface area contributed by atoms with Crippen LogP contribution in [0, 0.1) is 0 Å². The Morgan fingerprint density at radius 1 is 1.37 bits per heavy atom. The first-order chi connectivity index (χ1) is 9.29. The van der Waals surface area contributed by atoms with E-state index in [4.69, 9.17) is 5.11 Å². The quantitative estimate of drug-likeness (QED) is 0.806. The Morgan fingerprint density at radius 2 is 2.16 bits per heavy atom. The fourth-order valence-corrected chi connectivity index (χ4v) is 2.55. The normalized spacial score (nSPS) is 16.9. The van der Waals surface area contributed by atoms with E-state index >= 15 is 0 Å². The molecule has 3 rings (SSSR count). The summed E-state index contributed by atoms with van der Waals surface area (Å²) in [7, 11) is 0. The Kier molecular flexibility index (Phi) is 3.27. The highest BCUT2D eigenvalue weighted by Gasteiger charge is 2.19. The highest BCUT2D eigenvalue weighted by atomic mass is 16.3. The molecular formula is C13H16N4O2. The maximum absolute atomic E-state index is 12.1. The third-order valence-electron chi connectivity index (χ3n) is 3.52. The zero-order valence-electron chi connectivity index (χ0n) is 10.5. The molecule has 0 aromatic carbocycles. The molecule has 0 radical (unpaired) electrons. The second kappa shape index (κ2) is 5.07. The fraction of sp³-hybridized carbons (Fsp3) is 0.462. The van der Waals surface area contributed by atoms with E-state index in [1.165, 1.54) is 6.07 Å². The fourth-order valence-electron chi connectivity index (χ4n) is 2.55. The molecule has 100 valence electrons. The van der Waals surface area contributed by atoms with E-state index in [0.717, 1.165) is 25.9 Å². The number of hydrogen-bond acceptors (Lipinski definition) is 5. The Labute approximate surface area is 110 Å². The van der Waals surface area contributed by atoms with Gasteiger partial charge in [0.25, 0.3) is 5.56 Å². The van der Waals surface area contributed by atoms with Gasteiger partial charge in [-0.25, -0.2) is 4.98 Å². The molecule has 0 saturated carbocycles. The summed E-state index contributed by atoms with van der Waals surface area (Å²) in [6.07, 6.45) is 3.35. The number of aliphatic hydroxyl groups excluding tert-OH is 1. The number of rotatable bonds is 2. The molecule has 6 heteroatoms. The molecule has 2 N–H and O–H groups in total. The van der Waals surface area contributed by atoms with Crippen LogP contribution in [0.2, 0.25) is 0 Å². The van der Waals surface area contributed by atoms with Crippen LogP contribution in [0.5, 0.6) is 0 Å². The maximum Gasteiger partial charge on any atom is 0.252 e. The molecular weight excluding hydrogens is 244 g/mol. The molecule has 0 atom stereocenters. The van der Waals surface area contributed by atoms with Gasteiger partial charge in [0.1, 0.15) is 5.52 Å². The summed E-state index contributed by atoms with van der Waals surface area (Å²) in [5, 5.41) is 12.5. The Balaban J connectivity index is 2.19. The highest BCUT2D eigenvalue weighted by molar-refractivity contribution is 5.69. The number of hydrogen-bond donors (Lipinski definition) is 2. The number of aliphatic hydroxyl groups is 1. The highest BCUT2D eigenvalue weighted by Crippen LogP contribution is 2.20. The second-order valence-electron chi connectivity index (χ2n) is 4.75. The second-order valence-corrected chi connectivity index (χ2v) is 4.75. The van der Waals surface area contributed by atoms with Crippen LogP contribution in [0.3, 0.4) is 0 Å². The molecule has 1 aliphatic heterocycles. The summed E-state index contributed by atoms with van der Waals surface area (Å²) in [6, 6.07) is 3.38. The zero-order chi connectivity index (χ0) is 13.2. The van der Waals surface area contributed by atoms with Gasteiger partial charge in [-0.2, -0.15) is 0 Å². The van der Waals surface area contributed by atoms with Crippen LogP contribution in [-0.4, -0.2) is 32.7 Å². The number of nitrogens with one attached hydrogen (secondary N) is 1. The molecule has 19 heavy (non-hydrogen) atoms. The summed E-state index contributed by atoms with van der Waals surface area (Å²) in [5.41, 5.74) is 1.70. The molecule has 0 unspecified atom stereocenters. The van der Waals surface area contributed by atoms with E-state index in [0.29, 0.717) is 16.9 Å². The Bertz CT molecular complexity index is 647. The molecule has 0 spiro atoms. The Hall–Kier alpha value is -1.79. The first kappa shape index (κ1) is 12.3. The average Bonchev–Trinajstić information content (AvgIpc) is 2.47. The number of piperidine rings is 1. The van der Waals surface area contributed by atoms with Crippen molar-refractivity contribution in [3.05, 3.63) is 34.4 Å². The van der Waals surface area contributed by atoms with Crippen LogP contribution in [0.4, 0.5) is 0 Å². The van der Waals surface area contributed by atoms with Crippen LogP contribution < -0.4 is 10.9 Å². The summed E-state index contributed by atoms with van der Waals surface area (Å²) < 4.78 is 1.72. The first-order valence-electron chi connectivity index (χ1n) is 6.48. The summed E-state index contributed by atoms with van der Waals surface area (Å²) in [5.74, 6) is 0. The molecule has 2 aromatic heterocycles. The van der Waals surface area contributed by atoms with Gasteiger partial charge in [-0.05, 0) is 32.0 Å². The summed E-state index contributed by atoms with van der Waals surface area (Å²) in [6.45, 7) is 1.64. The smallest absolute Gasteiger partial charge is 0.252 e. The third kappa shape index (κ3) is 2.24. The van der Waals surface area contributed by atoms with Crippen LogP contribution >= 0.6 is 0 Å². The van der Waals surface area contributed by atoms with E-state index in [-0.39, 0.29) is 18.2 Å². The number of nitrogens with zero attached hydrogens (tertiary/aromatic N) is 3. The van der Waals surface area contributed by atoms with Crippen LogP contribution in [-0.2, 0) is 6.61 Å². The number of fused-ring (bicyclic) bond motifs is 1. The Morgan fingerprint density at radius 3 is 2.89 bits per heavy atom. The molecule has 6 nitrogen and oxygen atoms in total. The lowest BCUT2D eigenvalue weighted by atomic mass is 10.1. The van der Waals surface area contributed by atoms with Gasteiger partial charge in [0.15, 0.2) is 5.65 Å². The van der Waals surface area contributed by atoms with Gasteiger partial charge < -0.3 is 10.4 Å². The van der Waals surface area contributed by atoms with Gasteiger partial charge in [-0.3, -0.25) is 14.3 Å². The van der Waals surface area contributed by atoms with Crippen molar-refractivity contribution in [3.63, 3.8) is 0 Å². The summed E-state index contributed by atoms with van der Waals surface area (Å²) in [4.78, 5) is 20.8. The van der Waals surface area contributed by atoms with Gasteiger partial charge in [-0.15, -0.1) is 0 Å². The minimum Gasteiger partial charge on any atom is -0.390 e. The van der Waals surface area contributed by atoms with Crippen LogP contribution in [0.25, 0.3) is 11.2 Å². The predicted octanol–water partition coefficient (Wildman–Crippen LogP) is 0.208. The van der Waals surface area contributed by atoms with E-state index in [9.17, 15) is 4.79 Å². The van der Waals surface area contributed by atoms with E-state index in [1.807, 2.05) is 0 Å². The van der Waals surface area contributed by atoms with Crippen molar-refractivity contribution in [2.45, 2.75) is 25.5 Å². The molecule has 1 saturated heterocycles. The molecule has 0 bridgehead atoms. The molecule has 1 fully saturated rings. The minimum atomic E-state index is -0.168. The topological polar surface area (TPSA) is 80.0 Å². The first-order valence-corrected chi connectivity index (χ1v) is 6.48. The van der Waals surface area contributed by atoms with E-state index in [1.54, 1.807) is 16.8 Å². The predicted molar refractivity (Wildman–Crippen MR) is 70.9 cm³/mol. The lowest BCUT2D eigenvalue weighted by Gasteiger charge is -2.25. The van der Waals surface area contributed by atoms with Gasteiger partial charge in [0, 0.05) is 12.1 Å².